The zero-order valence-corrected chi connectivity index (χ0v) is 13.3. The monoisotopic (exact) mass is 334 g/mol. The Balaban J connectivity index is 2.88. The van der Waals surface area contributed by atoms with E-state index in [1.807, 2.05) is 0 Å². The normalized spacial score (nSPS) is 13.5. The van der Waals surface area contributed by atoms with Crippen molar-refractivity contribution in [2.75, 3.05) is 6.61 Å². The zero-order valence-electron chi connectivity index (χ0n) is 13.3. The first kappa shape index (κ1) is 19.3. The van der Waals surface area contributed by atoms with Gasteiger partial charge in [-0.25, -0.2) is 0 Å². The van der Waals surface area contributed by atoms with Crippen molar-refractivity contribution in [1.82, 2.24) is 0 Å². The van der Waals surface area contributed by atoms with E-state index in [2.05, 4.69) is 4.74 Å². The van der Waals surface area contributed by atoms with Gasteiger partial charge in [0.15, 0.2) is 0 Å². The summed E-state index contributed by atoms with van der Waals surface area (Å²) in [4.78, 5) is 11.9. The maximum atomic E-state index is 12.3. The lowest BCUT2D eigenvalue weighted by atomic mass is 9.92. The fraction of sp³-hybridized carbons (Fsp3) is 0.562. The van der Waals surface area contributed by atoms with Gasteiger partial charge < -0.3 is 14.6 Å². The number of aliphatic hydroxyl groups is 1. The van der Waals surface area contributed by atoms with Gasteiger partial charge in [0.25, 0.3) is 0 Å². The number of carbonyl (C=O) groups excluding carboxylic acids is 1. The summed E-state index contributed by atoms with van der Waals surface area (Å²) in [6.45, 7) is 4.98. The number of rotatable bonds is 6. The Morgan fingerprint density at radius 1 is 1.26 bits per heavy atom. The van der Waals surface area contributed by atoms with Gasteiger partial charge in [-0.2, -0.15) is 0 Å². The van der Waals surface area contributed by atoms with Crippen LogP contribution in [-0.2, 0) is 9.53 Å². The molecule has 1 aromatic rings. The molecule has 0 radical (unpaired) electrons. The van der Waals surface area contributed by atoms with E-state index in [1.165, 1.54) is 18.2 Å². The van der Waals surface area contributed by atoms with Crippen LogP contribution in [0.25, 0.3) is 0 Å². The Morgan fingerprint density at radius 2 is 1.91 bits per heavy atom. The summed E-state index contributed by atoms with van der Waals surface area (Å²) in [7, 11) is 0. The molecule has 1 atom stereocenters. The first-order valence-electron chi connectivity index (χ1n) is 7.18. The maximum absolute atomic E-state index is 12.3. The number of benzene rings is 1. The Morgan fingerprint density at radius 3 is 2.43 bits per heavy atom. The first-order chi connectivity index (χ1) is 10.5. The molecule has 0 spiro atoms. The van der Waals surface area contributed by atoms with E-state index in [-0.39, 0.29) is 25.2 Å². The van der Waals surface area contributed by atoms with Gasteiger partial charge in [-0.15, -0.1) is 13.2 Å². The first-order valence-corrected chi connectivity index (χ1v) is 7.18. The Labute approximate surface area is 133 Å². The van der Waals surface area contributed by atoms with E-state index >= 15 is 0 Å². The van der Waals surface area contributed by atoms with Crippen LogP contribution in [0.3, 0.4) is 0 Å². The lowest BCUT2D eigenvalue weighted by Crippen LogP contribution is -2.25. The van der Waals surface area contributed by atoms with Crippen molar-refractivity contribution < 1.29 is 32.5 Å². The molecule has 1 aromatic carbocycles. The Hall–Kier alpha value is -1.76. The van der Waals surface area contributed by atoms with Crippen LogP contribution in [0.1, 0.15) is 45.1 Å². The summed E-state index contributed by atoms with van der Waals surface area (Å²) in [6, 6.07) is 5.41. The van der Waals surface area contributed by atoms with Gasteiger partial charge in [-0.1, -0.05) is 12.1 Å². The second-order valence-electron chi connectivity index (χ2n) is 6.12. The van der Waals surface area contributed by atoms with Gasteiger partial charge in [-0.05, 0) is 50.8 Å². The largest absolute Gasteiger partial charge is 0.573 e. The number of ether oxygens (including phenoxy) is 2. The number of aliphatic hydroxyl groups excluding tert-OH is 1. The summed E-state index contributed by atoms with van der Waals surface area (Å²) in [5.41, 5.74) is -0.172. The lowest BCUT2D eigenvalue weighted by molar-refractivity contribution is -0.274. The lowest BCUT2D eigenvalue weighted by Gasteiger charge is -2.22. The molecule has 7 heteroatoms. The van der Waals surface area contributed by atoms with Crippen LogP contribution in [0.2, 0.25) is 0 Å². The van der Waals surface area contributed by atoms with Crippen LogP contribution in [-0.4, -0.2) is 29.6 Å². The molecule has 1 unspecified atom stereocenters. The Kier molecular flexibility index (Phi) is 6.44. The predicted octanol–water partition coefficient (Wildman–Crippen LogP) is 3.78. The SMILES string of the molecule is CC(C)(C)OC(=O)CC(CCO)c1cccc(OC(F)(F)F)c1. The third kappa shape index (κ3) is 7.88. The minimum Gasteiger partial charge on any atom is -0.460 e. The quantitative estimate of drug-likeness (QED) is 0.804. The molecule has 0 aliphatic heterocycles. The van der Waals surface area contributed by atoms with E-state index in [1.54, 1.807) is 26.8 Å². The number of hydrogen-bond donors (Lipinski definition) is 1. The van der Waals surface area contributed by atoms with Crippen LogP contribution in [0.5, 0.6) is 5.75 Å². The molecule has 0 aliphatic carbocycles. The standard InChI is InChI=1S/C16H21F3O4/c1-15(2,3)23-14(21)10-12(7-8-20)11-5-4-6-13(9-11)22-16(17,18)19/h4-6,9,12,20H,7-8,10H2,1-3H3. The highest BCUT2D eigenvalue weighted by atomic mass is 19.4. The molecule has 0 saturated carbocycles. The number of alkyl halides is 3. The van der Waals surface area contributed by atoms with Gasteiger partial charge in [0, 0.05) is 6.61 Å². The molecule has 23 heavy (non-hydrogen) atoms. The minimum atomic E-state index is -4.78. The average molecular weight is 334 g/mol. The van der Waals surface area contributed by atoms with E-state index in [9.17, 15) is 18.0 Å². The van der Waals surface area contributed by atoms with Crippen molar-refractivity contribution >= 4 is 5.97 Å². The van der Waals surface area contributed by atoms with Crippen molar-refractivity contribution in [1.29, 1.82) is 0 Å². The molecule has 1 N–H and O–H groups in total. The molecule has 4 nitrogen and oxygen atoms in total. The molecule has 1 rings (SSSR count). The third-order valence-corrected chi connectivity index (χ3v) is 2.87. The second-order valence-corrected chi connectivity index (χ2v) is 6.12. The van der Waals surface area contributed by atoms with Crippen molar-refractivity contribution in [3.8, 4) is 5.75 Å². The van der Waals surface area contributed by atoms with Crippen molar-refractivity contribution in [3.05, 3.63) is 29.8 Å². The van der Waals surface area contributed by atoms with Gasteiger partial charge in [-0.3, -0.25) is 4.79 Å². The number of carbonyl (C=O) groups is 1. The van der Waals surface area contributed by atoms with Gasteiger partial charge in [0.2, 0.25) is 0 Å². The van der Waals surface area contributed by atoms with E-state index < -0.39 is 23.9 Å². The molecule has 130 valence electrons. The molecule has 0 aliphatic rings. The predicted molar refractivity (Wildman–Crippen MR) is 78.0 cm³/mol. The zero-order chi connectivity index (χ0) is 17.7. The number of esters is 1. The molecule has 0 fully saturated rings. The number of halogens is 3. The Bertz CT molecular complexity index is 521. The fourth-order valence-electron chi connectivity index (χ4n) is 2.09. The summed E-state index contributed by atoms with van der Waals surface area (Å²) in [6.07, 6.45) is -4.59. The van der Waals surface area contributed by atoms with E-state index in [0.29, 0.717) is 5.56 Å². The molecule has 0 heterocycles. The van der Waals surface area contributed by atoms with Crippen molar-refractivity contribution in [2.45, 2.75) is 51.5 Å². The van der Waals surface area contributed by atoms with Gasteiger partial charge in [0.1, 0.15) is 11.4 Å². The van der Waals surface area contributed by atoms with Gasteiger partial charge in [0.05, 0.1) is 6.42 Å². The van der Waals surface area contributed by atoms with E-state index in [0.717, 1.165) is 0 Å². The maximum Gasteiger partial charge on any atom is 0.573 e. The molecule has 0 amide bonds. The summed E-state index contributed by atoms with van der Waals surface area (Å²) in [5.74, 6) is -1.29. The van der Waals surface area contributed by atoms with Crippen LogP contribution in [0, 0.1) is 0 Å². The average Bonchev–Trinajstić information content (AvgIpc) is 2.34. The topological polar surface area (TPSA) is 55.8 Å². The minimum absolute atomic E-state index is 0.0344. The highest BCUT2D eigenvalue weighted by Crippen LogP contribution is 2.30. The summed E-state index contributed by atoms with van der Waals surface area (Å²) >= 11 is 0. The van der Waals surface area contributed by atoms with Crippen LogP contribution in [0.4, 0.5) is 13.2 Å². The number of hydrogen-bond acceptors (Lipinski definition) is 4. The fourth-order valence-corrected chi connectivity index (χ4v) is 2.09. The van der Waals surface area contributed by atoms with Crippen molar-refractivity contribution in [3.63, 3.8) is 0 Å². The smallest absolute Gasteiger partial charge is 0.460 e. The second kappa shape index (κ2) is 7.68. The van der Waals surface area contributed by atoms with Crippen LogP contribution < -0.4 is 4.74 Å². The van der Waals surface area contributed by atoms with Gasteiger partial charge >= 0.3 is 12.3 Å². The van der Waals surface area contributed by atoms with Crippen LogP contribution >= 0.6 is 0 Å². The van der Waals surface area contributed by atoms with Crippen LogP contribution in [0.15, 0.2) is 24.3 Å². The molecule has 0 aromatic heterocycles. The summed E-state index contributed by atoms with van der Waals surface area (Å²) < 4.78 is 45.9. The highest BCUT2D eigenvalue weighted by molar-refractivity contribution is 5.71. The molecular formula is C16H21F3O4. The molecule has 0 saturated heterocycles. The van der Waals surface area contributed by atoms with Crippen molar-refractivity contribution in [2.24, 2.45) is 0 Å². The molecular weight excluding hydrogens is 313 g/mol. The summed E-state index contributed by atoms with van der Waals surface area (Å²) in [5, 5.41) is 9.14. The highest BCUT2D eigenvalue weighted by Gasteiger charge is 2.31. The van der Waals surface area contributed by atoms with E-state index in [4.69, 9.17) is 9.84 Å². The molecule has 0 bridgehead atoms. The third-order valence-electron chi connectivity index (χ3n) is 2.87.